The Kier molecular flexibility index (Phi) is 8.44. The number of carbonyl (C=O) groups is 2. The molecule has 0 saturated carbocycles. The molecule has 2 amide bonds. The minimum atomic E-state index is -4.54. The number of methoxy groups -OCH3 is 1. The molecule has 1 saturated heterocycles. The van der Waals surface area contributed by atoms with Crippen molar-refractivity contribution < 1.29 is 27.5 Å². The molecule has 1 aromatic carbocycles. The van der Waals surface area contributed by atoms with E-state index in [0.717, 1.165) is 0 Å². The first-order chi connectivity index (χ1) is 18.6. The van der Waals surface area contributed by atoms with Crippen molar-refractivity contribution in [3.63, 3.8) is 0 Å². The second-order valence-corrected chi connectivity index (χ2v) is 9.79. The van der Waals surface area contributed by atoms with Gasteiger partial charge in [0.15, 0.2) is 5.65 Å². The van der Waals surface area contributed by atoms with Crippen LogP contribution < -0.4 is 20.7 Å². The van der Waals surface area contributed by atoms with Crippen LogP contribution in [0, 0.1) is 11.8 Å². The lowest BCUT2D eigenvalue weighted by Crippen LogP contribution is -2.43. The van der Waals surface area contributed by atoms with Gasteiger partial charge in [0.2, 0.25) is 5.91 Å². The van der Waals surface area contributed by atoms with Crippen molar-refractivity contribution >= 4 is 40.6 Å². The molecule has 4 rings (SSSR count). The Hall–Kier alpha value is -4.05. The van der Waals surface area contributed by atoms with Gasteiger partial charge in [0.05, 0.1) is 25.0 Å². The van der Waals surface area contributed by atoms with Crippen molar-refractivity contribution in [3.8, 4) is 17.6 Å². The number of likely N-dealkylation sites (N-methyl/N-ethyl adjacent to an activating group) is 1. The SMILES string of the molecule is CNC(=O)c1ccc(NCC#Cc2nc3c(N[C@H]4CCC(=O)N(C)C4)cccn3c2SC(F)(F)F)c(OC)c1. The van der Waals surface area contributed by atoms with Crippen LogP contribution in [0.1, 0.15) is 28.9 Å². The van der Waals surface area contributed by atoms with E-state index in [9.17, 15) is 22.8 Å². The van der Waals surface area contributed by atoms with E-state index in [1.807, 2.05) is 0 Å². The van der Waals surface area contributed by atoms with E-state index in [1.165, 1.54) is 24.8 Å². The lowest BCUT2D eigenvalue weighted by atomic mass is 10.1. The molecule has 9 nitrogen and oxygen atoms in total. The number of thioether (sulfide) groups is 1. The lowest BCUT2D eigenvalue weighted by molar-refractivity contribution is -0.132. The van der Waals surface area contributed by atoms with Crippen LogP contribution in [-0.2, 0) is 4.79 Å². The predicted octanol–water partition coefficient (Wildman–Crippen LogP) is 3.81. The van der Waals surface area contributed by atoms with Crippen molar-refractivity contribution in [3.05, 3.63) is 47.8 Å². The molecule has 1 aliphatic rings. The fourth-order valence-corrected chi connectivity index (χ4v) is 4.85. The number of anilines is 2. The molecule has 13 heteroatoms. The van der Waals surface area contributed by atoms with Gasteiger partial charge >= 0.3 is 5.51 Å². The topological polar surface area (TPSA) is 100 Å². The van der Waals surface area contributed by atoms with Crippen LogP contribution in [0.25, 0.3) is 5.65 Å². The first-order valence-electron chi connectivity index (χ1n) is 12.0. The molecule has 3 aromatic rings. The number of ether oxygens (including phenoxy) is 1. The number of imidazole rings is 1. The monoisotopic (exact) mass is 560 g/mol. The molecule has 0 spiro atoms. The molecule has 1 aliphatic heterocycles. The van der Waals surface area contributed by atoms with E-state index in [-0.39, 0.29) is 46.9 Å². The van der Waals surface area contributed by atoms with E-state index < -0.39 is 5.51 Å². The summed E-state index contributed by atoms with van der Waals surface area (Å²) in [6.07, 6.45) is 2.52. The number of alkyl halides is 3. The molecule has 3 heterocycles. The molecule has 3 N–H and O–H groups in total. The first kappa shape index (κ1) is 28.0. The van der Waals surface area contributed by atoms with Crippen molar-refractivity contribution in [2.75, 3.05) is 44.9 Å². The smallest absolute Gasteiger partial charge is 0.447 e. The highest BCUT2D eigenvalue weighted by molar-refractivity contribution is 8.00. The molecule has 0 aliphatic carbocycles. The Morgan fingerprint density at radius 3 is 2.77 bits per heavy atom. The number of benzene rings is 1. The van der Waals surface area contributed by atoms with Gasteiger partial charge in [0.25, 0.3) is 5.91 Å². The van der Waals surface area contributed by atoms with E-state index in [2.05, 4.69) is 32.8 Å². The highest BCUT2D eigenvalue weighted by atomic mass is 32.2. The molecule has 0 bridgehead atoms. The summed E-state index contributed by atoms with van der Waals surface area (Å²) < 4.78 is 47.1. The van der Waals surface area contributed by atoms with Gasteiger partial charge in [-0.05, 0) is 42.7 Å². The second kappa shape index (κ2) is 11.8. The summed E-state index contributed by atoms with van der Waals surface area (Å²) >= 11 is -0.275. The van der Waals surface area contributed by atoms with Crippen LogP contribution in [0.15, 0.2) is 41.6 Å². The number of carbonyl (C=O) groups excluding carboxylic acids is 2. The van der Waals surface area contributed by atoms with Crippen molar-refractivity contribution in [1.29, 1.82) is 0 Å². The highest BCUT2D eigenvalue weighted by Crippen LogP contribution is 2.39. The third kappa shape index (κ3) is 6.69. The third-order valence-corrected chi connectivity index (χ3v) is 6.88. The first-order valence-corrected chi connectivity index (χ1v) is 12.8. The quantitative estimate of drug-likeness (QED) is 0.299. The fraction of sp³-hybridized carbons (Fsp3) is 0.346. The van der Waals surface area contributed by atoms with Gasteiger partial charge < -0.3 is 25.6 Å². The third-order valence-electron chi connectivity index (χ3n) is 6.07. The lowest BCUT2D eigenvalue weighted by Gasteiger charge is -2.30. The highest BCUT2D eigenvalue weighted by Gasteiger charge is 2.33. The zero-order valence-corrected chi connectivity index (χ0v) is 22.3. The maximum Gasteiger partial charge on any atom is 0.447 e. The number of hydrogen-bond acceptors (Lipinski definition) is 7. The van der Waals surface area contributed by atoms with Gasteiger partial charge in [-0.3, -0.25) is 14.0 Å². The van der Waals surface area contributed by atoms with Crippen LogP contribution in [0.3, 0.4) is 0 Å². The number of likely N-dealkylation sites (tertiary alicyclic amines) is 1. The molecule has 0 radical (unpaired) electrons. The Morgan fingerprint density at radius 2 is 2.08 bits per heavy atom. The predicted molar refractivity (Wildman–Crippen MR) is 143 cm³/mol. The standard InChI is InChI=1S/C26H27F3N6O3S/c1-30-24(37)16-8-10-18(21(14-16)38-3)31-12-4-6-20-25(39-26(27,28)29)35-13-5-7-19(23(35)33-20)32-17-9-11-22(36)34(2)15-17/h5,7-8,10,13-14,17,31-32H,9,11-12,15H2,1-3H3,(H,30,37)/t17-/m0/s1. The largest absolute Gasteiger partial charge is 0.495 e. The zero-order chi connectivity index (χ0) is 28.2. The zero-order valence-electron chi connectivity index (χ0n) is 21.5. The Labute approximate surface area is 227 Å². The molecule has 39 heavy (non-hydrogen) atoms. The molecule has 206 valence electrons. The Balaban J connectivity index is 1.59. The number of amides is 2. The fourth-order valence-electron chi connectivity index (χ4n) is 4.19. The van der Waals surface area contributed by atoms with Crippen LogP contribution in [-0.4, -0.2) is 71.9 Å². The number of rotatable bonds is 7. The number of pyridine rings is 1. The number of nitrogens with zero attached hydrogens (tertiary/aromatic N) is 3. The van der Waals surface area contributed by atoms with Gasteiger partial charge in [-0.15, -0.1) is 0 Å². The second-order valence-electron chi connectivity index (χ2n) is 8.73. The van der Waals surface area contributed by atoms with Gasteiger partial charge in [-0.1, -0.05) is 5.92 Å². The maximum atomic E-state index is 13.5. The number of fused-ring (bicyclic) bond motifs is 1. The average Bonchev–Trinajstić information content (AvgIpc) is 3.24. The molecule has 2 aromatic heterocycles. The van der Waals surface area contributed by atoms with Crippen LogP contribution >= 0.6 is 11.8 Å². The van der Waals surface area contributed by atoms with Crippen molar-refractivity contribution in [2.45, 2.75) is 29.4 Å². The van der Waals surface area contributed by atoms with E-state index >= 15 is 0 Å². The van der Waals surface area contributed by atoms with E-state index in [4.69, 9.17) is 4.74 Å². The maximum absolute atomic E-state index is 13.5. The number of nitrogens with one attached hydrogen (secondary N) is 3. The van der Waals surface area contributed by atoms with E-state index in [1.54, 1.807) is 42.3 Å². The molecule has 1 fully saturated rings. The van der Waals surface area contributed by atoms with Gasteiger partial charge in [-0.25, -0.2) is 4.98 Å². The summed E-state index contributed by atoms with van der Waals surface area (Å²) in [4.78, 5) is 29.7. The number of piperidine rings is 1. The number of hydrogen-bond donors (Lipinski definition) is 3. The van der Waals surface area contributed by atoms with Gasteiger partial charge in [0.1, 0.15) is 16.5 Å². The van der Waals surface area contributed by atoms with Gasteiger partial charge in [-0.2, -0.15) is 13.2 Å². The van der Waals surface area contributed by atoms with Gasteiger partial charge in [0, 0.05) is 56.6 Å². The molecular formula is C26H27F3N6O3S. The summed E-state index contributed by atoms with van der Waals surface area (Å²) in [7, 11) is 4.71. The van der Waals surface area contributed by atoms with Crippen LogP contribution in [0.2, 0.25) is 0 Å². The molecular weight excluding hydrogens is 533 g/mol. The van der Waals surface area contributed by atoms with Crippen LogP contribution in [0.5, 0.6) is 5.75 Å². The summed E-state index contributed by atoms with van der Waals surface area (Å²) in [5.74, 6) is 5.81. The minimum absolute atomic E-state index is 0.00811. The summed E-state index contributed by atoms with van der Waals surface area (Å²) in [6.45, 7) is 0.573. The van der Waals surface area contributed by atoms with Crippen molar-refractivity contribution in [1.82, 2.24) is 19.6 Å². The summed E-state index contributed by atoms with van der Waals surface area (Å²) in [5, 5.41) is 8.78. The number of aromatic nitrogens is 2. The van der Waals surface area contributed by atoms with Crippen LogP contribution in [0.4, 0.5) is 24.5 Å². The Bertz CT molecular complexity index is 1450. The normalized spacial score (nSPS) is 15.5. The number of halogens is 3. The molecule has 1 atom stereocenters. The minimum Gasteiger partial charge on any atom is -0.495 e. The summed E-state index contributed by atoms with van der Waals surface area (Å²) in [6, 6.07) is 8.18. The molecule has 0 unspecified atom stereocenters. The summed E-state index contributed by atoms with van der Waals surface area (Å²) in [5.41, 5.74) is -2.69. The Morgan fingerprint density at radius 1 is 1.28 bits per heavy atom. The average molecular weight is 561 g/mol. The van der Waals surface area contributed by atoms with Crippen molar-refractivity contribution in [2.24, 2.45) is 0 Å². The van der Waals surface area contributed by atoms with E-state index in [0.29, 0.717) is 47.7 Å².